The summed E-state index contributed by atoms with van der Waals surface area (Å²) in [6.07, 6.45) is 3.89. The molecule has 3 aromatic carbocycles. The molecule has 5 atom stereocenters. The van der Waals surface area contributed by atoms with E-state index >= 15 is 0 Å². The Labute approximate surface area is 181 Å². The lowest BCUT2D eigenvalue weighted by Gasteiger charge is -2.43. The lowest BCUT2D eigenvalue weighted by atomic mass is 9.68. The van der Waals surface area contributed by atoms with Crippen LogP contribution in [0.4, 0.5) is 15.8 Å². The van der Waals surface area contributed by atoms with E-state index in [0.29, 0.717) is 35.0 Å². The number of anilines is 2. The van der Waals surface area contributed by atoms with Gasteiger partial charge in [-0.1, -0.05) is 36.4 Å². The summed E-state index contributed by atoms with van der Waals surface area (Å²) < 4.78 is 13.5. The first kappa shape index (κ1) is 18.6. The highest BCUT2D eigenvalue weighted by atomic mass is 19.1. The van der Waals surface area contributed by atoms with Crippen molar-refractivity contribution in [3.8, 4) is 0 Å². The van der Waals surface area contributed by atoms with E-state index in [2.05, 4.69) is 47.0 Å². The fourth-order valence-corrected chi connectivity index (χ4v) is 6.39. The van der Waals surface area contributed by atoms with E-state index in [1.165, 1.54) is 42.5 Å². The molecule has 3 nitrogen and oxygen atoms in total. The molecular formula is C27H25FN2O. The molecule has 2 bridgehead atoms. The van der Waals surface area contributed by atoms with Crippen LogP contribution in [0.15, 0.2) is 72.8 Å². The van der Waals surface area contributed by atoms with Crippen molar-refractivity contribution in [2.24, 2.45) is 17.8 Å². The summed E-state index contributed by atoms with van der Waals surface area (Å²) in [5.74, 6) is 1.94. The number of nitrogens with one attached hydrogen (secondary N) is 2. The van der Waals surface area contributed by atoms with Gasteiger partial charge in [-0.25, -0.2) is 4.39 Å². The quantitative estimate of drug-likeness (QED) is 0.524. The molecule has 3 aliphatic rings. The Morgan fingerprint density at radius 3 is 2.61 bits per heavy atom. The first-order chi connectivity index (χ1) is 15.2. The molecule has 2 N–H and O–H groups in total. The van der Waals surface area contributed by atoms with Crippen LogP contribution in [0.25, 0.3) is 0 Å². The third kappa shape index (κ3) is 3.13. The fraction of sp³-hybridized carbons (Fsp3) is 0.296. The molecule has 0 saturated heterocycles. The molecule has 0 unspecified atom stereocenters. The third-order valence-corrected chi connectivity index (χ3v) is 7.59. The Balaban J connectivity index is 1.35. The van der Waals surface area contributed by atoms with E-state index in [1.807, 2.05) is 12.1 Å². The van der Waals surface area contributed by atoms with Crippen molar-refractivity contribution in [3.05, 3.63) is 95.3 Å². The van der Waals surface area contributed by atoms with E-state index in [4.69, 9.17) is 0 Å². The molecule has 31 heavy (non-hydrogen) atoms. The molecule has 1 aliphatic heterocycles. The van der Waals surface area contributed by atoms with E-state index in [0.717, 1.165) is 11.6 Å². The summed E-state index contributed by atoms with van der Waals surface area (Å²) in [7, 11) is 0. The molecule has 3 aromatic rings. The Bertz CT molecular complexity index is 1140. The van der Waals surface area contributed by atoms with Crippen molar-refractivity contribution >= 4 is 17.3 Å². The van der Waals surface area contributed by atoms with Gasteiger partial charge in [-0.15, -0.1) is 0 Å². The van der Waals surface area contributed by atoms with Crippen LogP contribution >= 0.6 is 0 Å². The van der Waals surface area contributed by atoms with Gasteiger partial charge in [0.1, 0.15) is 5.82 Å². The minimum Gasteiger partial charge on any atom is -0.378 e. The molecule has 2 aliphatic carbocycles. The van der Waals surface area contributed by atoms with Crippen LogP contribution in [0.1, 0.15) is 52.7 Å². The number of amides is 1. The van der Waals surface area contributed by atoms with Crippen LogP contribution in [-0.4, -0.2) is 5.91 Å². The van der Waals surface area contributed by atoms with Crippen LogP contribution in [0.3, 0.4) is 0 Å². The lowest BCUT2D eigenvalue weighted by molar-refractivity contribution is 0.102. The highest BCUT2D eigenvalue weighted by Gasteiger charge is 2.53. The van der Waals surface area contributed by atoms with E-state index in [1.54, 1.807) is 12.1 Å². The van der Waals surface area contributed by atoms with Gasteiger partial charge in [-0.3, -0.25) is 4.79 Å². The minimum atomic E-state index is -0.357. The second kappa shape index (κ2) is 7.23. The van der Waals surface area contributed by atoms with Crippen molar-refractivity contribution < 1.29 is 9.18 Å². The molecular weight excluding hydrogens is 387 g/mol. The van der Waals surface area contributed by atoms with Gasteiger partial charge in [-0.05, 0) is 90.5 Å². The minimum absolute atomic E-state index is 0.196. The van der Waals surface area contributed by atoms with Crippen LogP contribution in [0.5, 0.6) is 0 Å². The van der Waals surface area contributed by atoms with Crippen LogP contribution in [0.2, 0.25) is 0 Å². The molecule has 0 aromatic heterocycles. The summed E-state index contributed by atoms with van der Waals surface area (Å²) in [6.45, 7) is 0. The average Bonchev–Trinajstić information content (AvgIpc) is 3.42. The Kier molecular flexibility index (Phi) is 4.34. The predicted molar refractivity (Wildman–Crippen MR) is 121 cm³/mol. The number of hydrogen-bond donors (Lipinski definition) is 2. The maximum Gasteiger partial charge on any atom is 0.255 e. The van der Waals surface area contributed by atoms with Gasteiger partial charge in [0.2, 0.25) is 0 Å². The largest absolute Gasteiger partial charge is 0.378 e. The average molecular weight is 413 g/mol. The van der Waals surface area contributed by atoms with E-state index in [-0.39, 0.29) is 11.7 Å². The molecule has 2 saturated carbocycles. The number of hydrogen-bond acceptors (Lipinski definition) is 2. The first-order valence-corrected chi connectivity index (χ1v) is 11.2. The van der Waals surface area contributed by atoms with Crippen molar-refractivity contribution in [2.45, 2.75) is 31.2 Å². The van der Waals surface area contributed by atoms with Gasteiger partial charge in [0.05, 0.1) is 6.04 Å². The molecule has 1 heterocycles. The molecule has 4 heteroatoms. The zero-order chi connectivity index (χ0) is 20.9. The maximum absolute atomic E-state index is 13.5. The standard InChI is InChI=1S/C27H25FN2O/c28-20-7-4-8-21(15-20)29-27(31)19-11-12-23-22(14-19)24-17-9-10-18(13-17)25(24)26(30-23)16-5-2-1-3-6-16/h1-8,11-12,14-15,17-18,24-26,30H,9-10,13H2,(H,29,31)/t17-,18-,24-,25+,26+/m0/s1. The zero-order valence-corrected chi connectivity index (χ0v) is 17.2. The van der Waals surface area contributed by atoms with Gasteiger partial charge in [0.15, 0.2) is 0 Å². The monoisotopic (exact) mass is 412 g/mol. The van der Waals surface area contributed by atoms with Crippen LogP contribution in [0, 0.1) is 23.6 Å². The van der Waals surface area contributed by atoms with E-state index in [9.17, 15) is 9.18 Å². The topological polar surface area (TPSA) is 41.1 Å². The highest BCUT2D eigenvalue weighted by molar-refractivity contribution is 6.04. The van der Waals surface area contributed by atoms with Crippen molar-refractivity contribution in [1.82, 2.24) is 0 Å². The van der Waals surface area contributed by atoms with Gasteiger partial charge < -0.3 is 10.6 Å². The molecule has 0 radical (unpaired) electrons. The molecule has 1 amide bonds. The number of rotatable bonds is 3. The number of fused-ring (bicyclic) bond motifs is 7. The lowest BCUT2D eigenvalue weighted by Crippen LogP contribution is -2.35. The van der Waals surface area contributed by atoms with Crippen molar-refractivity contribution in [1.29, 1.82) is 0 Å². The SMILES string of the molecule is O=C(Nc1cccc(F)c1)c1ccc2c(c1)[C@@H]1[C@H]3CC[C@@H](C3)[C@H]1[C@@H](c1ccccc1)N2. The summed E-state index contributed by atoms with van der Waals surface area (Å²) in [5, 5.41) is 6.65. The molecule has 6 rings (SSSR count). The summed E-state index contributed by atoms with van der Waals surface area (Å²) in [4.78, 5) is 12.9. The van der Waals surface area contributed by atoms with Gasteiger partial charge >= 0.3 is 0 Å². The predicted octanol–water partition coefficient (Wildman–Crippen LogP) is 6.37. The number of benzene rings is 3. The molecule has 156 valence electrons. The molecule has 0 spiro atoms. The second-order valence-electron chi connectivity index (χ2n) is 9.24. The van der Waals surface area contributed by atoms with E-state index < -0.39 is 0 Å². The number of carbonyl (C=O) groups is 1. The second-order valence-corrected chi connectivity index (χ2v) is 9.24. The smallest absolute Gasteiger partial charge is 0.255 e. The Hall–Kier alpha value is -3.14. The van der Waals surface area contributed by atoms with Crippen LogP contribution in [-0.2, 0) is 0 Å². The van der Waals surface area contributed by atoms with Crippen molar-refractivity contribution in [2.75, 3.05) is 10.6 Å². The summed E-state index contributed by atoms with van der Waals surface area (Å²) >= 11 is 0. The maximum atomic E-state index is 13.5. The van der Waals surface area contributed by atoms with Crippen molar-refractivity contribution in [3.63, 3.8) is 0 Å². The number of carbonyl (C=O) groups excluding carboxylic acids is 1. The normalized spacial score (nSPS) is 27.8. The summed E-state index contributed by atoms with van der Waals surface area (Å²) in [6, 6.07) is 23.1. The Morgan fingerprint density at radius 2 is 1.77 bits per heavy atom. The third-order valence-electron chi connectivity index (χ3n) is 7.59. The van der Waals surface area contributed by atoms with Gasteiger partial charge in [0, 0.05) is 16.9 Å². The number of halogens is 1. The first-order valence-electron chi connectivity index (χ1n) is 11.2. The summed E-state index contributed by atoms with van der Waals surface area (Å²) in [5.41, 5.74) is 4.87. The molecule has 2 fully saturated rings. The fourth-order valence-electron chi connectivity index (χ4n) is 6.39. The Morgan fingerprint density at radius 1 is 0.935 bits per heavy atom. The van der Waals surface area contributed by atoms with Crippen LogP contribution < -0.4 is 10.6 Å². The van der Waals surface area contributed by atoms with Gasteiger partial charge in [0.25, 0.3) is 5.91 Å². The highest BCUT2D eigenvalue weighted by Crippen LogP contribution is 2.63. The zero-order valence-electron chi connectivity index (χ0n) is 17.2. The van der Waals surface area contributed by atoms with Gasteiger partial charge in [-0.2, -0.15) is 0 Å².